The molecule has 0 saturated carbocycles. The van der Waals surface area contributed by atoms with Gasteiger partial charge in [0.1, 0.15) is 15.4 Å². The summed E-state index contributed by atoms with van der Waals surface area (Å²) < 4.78 is 37.8. The van der Waals surface area contributed by atoms with Gasteiger partial charge < -0.3 is 16.2 Å². The van der Waals surface area contributed by atoms with Gasteiger partial charge in [-0.05, 0) is 19.1 Å². The number of aliphatic hydroxyl groups is 1. The van der Waals surface area contributed by atoms with E-state index in [-0.39, 0.29) is 22.0 Å². The highest BCUT2D eigenvalue weighted by atomic mass is 32.1. The van der Waals surface area contributed by atoms with Crippen molar-refractivity contribution < 1.29 is 23.1 Å². The van der Waals surface area contributed by atoms with Crippen LogP contribution in [0.15, 0.2) is 12.1 Å². The molecule has 0 fully saturated rings. The lowest BCUT2D eigenvalue weighted by Gasteiger charge is -2.09. The highest BCUT2D eigenvalue weighted by molar-refractivity contribution is 7.21. The molecule has 1 unspecified atom stereocenters. The van der Waals surface area contributed by atoms with E-state index in [4.69, 9.17) is 10.8 Å². The minimum absolute atomic E-state index is 0.0455. The minimum Gasteiger partial charge on any atom is -0.397 e. The van der Waals surface area contributed by atoms with Crippen LogP contribution < -0.4 is 11.1 Å². The van der Waals surface area contributed by atoms with Crippen molar-refractivity contribution in [3.8, 4) is 0 Å². The van der Waals surface area contributed by atoms with Crippen LogP contribution in [0.4, 0.5) is 18.9 Å². The third-order valence-corrected chi connectivity index (χ3v) is 3.86. The first kappa shape index (κ1) is 15.5. The van der Waals surface area contributed by atoms with Gasteiger partial charge in [0.15, 0.2) is 0 Å². The van der Waals surface area contributed by atoms with E-state index < -0.39 is 23.8 Å². The number of alkyl halides is 3. The highest BCUT2D eigenvalue weighted by Gasteiger charge is 2.33. The Balaban J connectivity index is 2.43. The number of thiophene rings is 1. The van der Waals surface area contributed by atoms with E-state index >= 15 is 0 Å². The Labute approximate surface area is 121 Å². The fourth-order valence-corrected chi connectivity index (χ4v) is 2.66. The lowest BCUT2D eigenvalue weighted by molar-refractivity contribution is -0.140. The van der Waals surface area contributed by atoms with Gasteiger partial charge in [0.2, 0.25) is 0 Å². The monoisotopic (exact) mass is 319 g/mol. The first-order chi connectivity index (χ1) is 9.74. The molecule has 0 aromatic carbocycles. The number of hydrogen-bond acceptors (Lipinski definition) is 5. The van der Waals surface area contributed by atoms with Crippen LogP contribution in [-0.4, -0.2) is 28.6 Å². The van der Waals surface area contributed by atoms with Gasteiger partial charge in [0.25, 0.3) is 5.91 Å². The van der Waals surface area contributed by atoms with Gasteiger partial charge >= 0.3 is 6.18 Å². The molecule has 4 N–H and O–H groups in total. The van der Waals surface area contributed by atoms with Crippen molar-refractivity contribution in [1.82, 2.24) is 10.3 Å². The maximum Gasteiger partial charge on any atom is 0.433 e. The van der Waals surface area contributed by atoms with Gasteiger partial charge in [-0.2, -0.15) is 13.2 Å². The quantitative estimate of drug-likeness (QED) is 0.807. The molecule has 0 bridgehead atoms. The van der Waals surface area contributed by atoms with Gasteiger partial charge in [0, 0.05) is 11.4 Å². The number of rotatable bonds is 3. The predicted molar refractivity (Wildman–Crippen MR) is 73.0 cm³/mol. The molecule has 0 saturated heterocycles. The van der Waals surface area contributed by atoms with E-state index in [1.807, 2.05) is 0 Å². The van der Waals surface area contributed by atoms with E-state index in [9.17, 15) is 18.0 Å². The lowest BCUT2D eigenvalue weighted by atomic mass is 10.2. The molecule has 21 heavy (non-hydrogen) atoms. The molecular formula is C12H12F3N3O2S. The summed E-state index contributed by atoms with van der Waals surface area (Å²) >= 11 is 0.785. The van der Waals surface area contributed by atoms with E-state index in [0.29, 0.717) is 5.39 Å². The molecule has 0 spiro atoms. The number of halogens is 3. The van der Waals surface area contributed by atoms with Crippen LogP contribution in [0.5, 0.6) is 0 Å². The number of nitrogens with two attached hydrogens (primary N) is 1. The molecule has 5 nitrogen and oxygen atoms in total. The van der Waals surface area contributed by atoms with Crippen molar-refractivity contribution in [3.63, 3.8) is 0 Å². The Hall–Kier alpha value is -1.87. The molecule has 2 rings (SSSR count). The topological polar surface area (TPSA) is 88.2 Å². The van der Waals surface area contributed by atoms with Crippen molar-refractivity contribution in [2.24, 2.45) is 0 Å². The predicted octanol–water partition coefficient (Wildman–Crippen LogP) is 2.01. The van der Waals surface area contributed by atoms with E-state index in [0.717, 1.165) is 17.4 Å². The van der Waals surface area contributed by atoms with Crippen molar-refractivity contribution in [1.29, 1.82) is 0 Å². The molecule has 1 amide bonds. The molecular weight excluding hydrogens is 307 g/mol. The Morgan fingerprint density at radius 1 is 1.52 bits per heavy atom. The normalized spacial score (nSPS) is 13.4. The number of nitrogens with one attached hydrogen (secondary N) is 1. The minimum atomic E-state index is -4.55. The number of carbonyl (C=O) groups excluding carboxylic acids is 1. The van der Waals surface area contributed by atoms with Crippen LogP contribution in [0.1, 0.15) is 22.3 Å². The number of hydrogen-bond donors (Lipinski definition) is 3. The van der Waals surface area contributed by atoms with Crippen molar-refractivity contribution in [2.75, 3.05) is 12.3 Å². The van der Waals surface area contributed by atoms with Crippen molar-refractivity contribution >= 4 is 33.1 Å². The van der Waals surface area contributed by atoms with Crippen molar-refractivity contribution in [2.45, 2.75) is 19.1 Å². The Morgan fingerprint density at radius 3 is 2.76 bits per heavy atom. The number of amides is 1. The molecule has 2 heterocycles. The summed E-state index contributed by atoms with van der Waals surface area (Å²) in [5.74, 6) is -0.550. The summed E-state index contributed by atoms with van der Waals surface area (Å²) in [6, 6.07) is 1.54. The number of carbonyl (C=O) groups is 1. The van der Waals surface area contributed by atoms with E-state index in [2.05, 4.69) is 10.3 Å². The summed E-state index contributed by atoms with van der Waals surface area (Å²) in [6.07, 6.45) is -4.55. The molecule has 114 valence electrons. The Morgan fingerprint density at radius 2 is 2.19 bits per heavy atom. The van der Waals surface area contributed by atoms with Gasteiger partial charge in [0.05, 0.1) is 12.3 Å². The maximum atomic E-state index is 12.6. The number of fused-ring (bicyclic) bond motifs is 1. The van der Waals surface area contributed by atoms with Crippen LogP contribution in [0.25, 0.3) is 10.2 Å². The molecule has 9 heteroatoms. The second-order valence-corrected chi connectivity index (χ2v) is 5.45. The summed E-state index contributed by atoms with van der Waals surface area (Å²) in [7, 11) is 0. The van der Waals surface area contributed by atoms with Crippen LogP contribution in [-0.2, 0) is 6.18 Å². The van der Waals surface area contributed by atoms with E-state index in [1.54, 1.807) is 6.92 Å². The largest absolute Gasteiger partial charge is 0.433 e. The summed E-state index contributed by atoms with van der Waals surface area (Å²) in [5, 5.41) is 11.7. The number of anilines is 1. The van der Waals surface area contributed by atoms with Crippen LogP contribution in [0.3, 0.4) is 0 Å². The second-order valence-electron chi connectivity index (χ2n) is 4.45. The molecule has 2 aromatic heterocycles. The van der Waals surface area contributed by atoms with Gasteiger partial charge in [-0.3, -0.25) is 4.79 Å². The number of nitrogen functional groups attached to an aromatic ring is 1. The third kappa shape index (κ3) is 3.08. The molecule has 0 aliphatic carbocycles. The smallest absolute Gasteiger partial charge is 0.397 e. The maximum absolute atomic E-state index is 12.6. The lowest BCUT2D eigenvalue weighted by Crippen LogP contribution is -2.34. The molecule has 0 aliphatic rings. The first-order valence-electron chi connectivity index (χ1n) is 5.92. The highest BCUT2D eigenvalue weighted by Crippen LogP contribution is 2.35. The van der Waals surface area contributed by atoms with E-state index in [1.165, 1.54) is 6.07 Å². The molecule has 0 aliphatic heterocycles. The Bertz CT molecular complexity index is 684. The second kappa shape index (κ2) is 5.49. The molecule has 0 radical (unpaired) electrons. The average Bonchev–Trinajstić information content (AvgIpc) is 2.74. The summed E-state index contributed by atoms with van der Waals surface area (Å²) in [6.45, 7) is 1.33. The Kier molecular flexibility index (Phi) is 4.06. The van der Waals surface area contributed by atoms with Crippen LogP contribution >= 0.6 is 11.3 Å². The van der Waals surface area contributed by atoms with Gasteiger partial charge in [-0.1, -0.05) is 0 Å². The zero-order chi connectivity index (χ0) is 15.8. The number of pyridine rings is 1. The molecule has 1 atom stereocenters. The summed E-state index contributed by atoms with van der Waals surface area (Å²) in [4.78, 5) is 15.6. The SMILES string of the molecule is CC(CO)NC(=O)c1sc2nc(C(F)(F)F)ccc2c1N. The average molecular weight is 319 g/mol. The zero-order valence-electron chi connectivity index (χ0n) is 10.9. The first-order valence-corrected chi connectivity index (χ1v) is 6.73. The number of aromatic nitrogens is 1. The fraction of sp³-hybridized carbons (Fsp3) is 0.333. The number of aliphatic hydroxyl groups excluding tert-OH is 1. The third-order valence-electron chi connectivity index (χ3n) is 2.74. The molecule has 2 aromatic rings. The number of nitrogens with zero attached hydrogens (tertiary/aromatic N) is 1. The van der Waals surface area contributed by atoms with Crippen molar-refractivity contribution in [3.05, 3.63) is 22.7 Å². The van der Waals surface area contributed by atoms with Crippen LogP contribution in [0, 0.1) is 0 Å². The van der Waals surface area contributed by atoms with Gasteiger partial charge in [-0.15, -0.1) is 11.3 Å². The van der Waals surface area contributed by atoms with Gasteiger partial charge in [-0.25, -0.2) is 4.98 Å². The standard InChI is InChI=1S/C12H12F3N3O2S/c1-5(4-19)17-10(20)9-8(16)6-2-3-7(12(13,14)15)18-11(6)21-9/h2-3,5,19H,4,16H2,1H3,(H,17,20). The summed E-state index contributed by atoms with van der Waals surface area (Å²) in [5.41, 5.74) is 4.83. The zero-order valence-corrected chi connectivity index (χ0v) is 11.7. The fourth-order valence-electron chi connectivity index (χ4n) is 1.66. The van der Waals surface area contributed by atoms with Crippen LogP contribution in [0.2, 0.25) is 0 Å².